The molecule has 0 unspecified atom stereocenters. The van der Waals surface area contributed by atoms with Crippen LogP contribution in [0.25, 0.3) is 11.4 Å². The first-order valence-corrected chi connectivity index (χ1v) is 4.81. The van der Waals surface area contributed by atoms with Crippen LogP contribution in [0.5, 0.6) is 0 Å². The monoisotopic (exact) mass is 231 g/mol. The topological polar surface area (TPSA) is 49.6 Å². The van der Waals surface area contributed by atoms with Gasteiger partial charge in [0.25, 0.3) is 0 Å². The summed E-state index contributed by atoms with van der Waals surface area (Å²) in [6, 6.07) is 6.38. The van der Waals surface area contributed by atoms with Crippen LogP contribution in [0.4, 0.5) is 8.78 Å². The summed E-state index contributed by atoms with van der Waals surface area (Å²) in [6.45, 7) is 1.68. The van der Waals surface area contributed by atoms with E-state index in [1.165, 1.54) is 6.07 Å². The van der Waals surface area contributed by atoms with Crippen molar-refractivity contribution in [3.63, 3.8) is 0 Å². The quantitative estimate of drug-likeness (QED) is 0.757. The number of hydrogen-bond acceptors (Lipinski definition) is 3. The fourth-order valence-corrected chi connectivity index (χ4v) is 1.44. The van der Waals surface area contributed by atoms with E-state index in [1.807, 2.05) is 6.07 Å². The average Bonchev–Trinajstić information content (AvgIpc) is 2.26. The summed E-state index contributed by atoms with van der Waals surface area (Å²) in [7, 11) is 0. The molecule has 0 aliphatic rings. The van der Waals surface area contributed by atoms with Crippen LogP contribution < -0.4 is 0 Å². The number of nitriles is 1. The molecule has 5 heteroatoms. The fraction of sp³-hybridized carbons (Fsp3) is 0.0833. The number of rotatable bonds is 1. The Morgan fingerprint density at radius 1 is 1.06 bits per heavy atom. The van der Waals surface area contributed by atoms with Crippen LogP contribution in [0.1, 0.15) is 11.4 Å². The summed E-state index contributed by atoms with van der Waals surface area (Å²) in [6.07, 6.45) is 0. The maximum absolute atomic E-state index is 13.0. The van der Waals surface area contributed by atoms with Gasteiger partial charge in [-0.1, -0.05) is 0 Å². The second-order valence-corrected chi connectivity index (χ2v) is 3.49. The van der Waals surface area contributed by atoms with Crippen LogP contribution in [0.2, 0.25) is 0 Å². The van der Waals surface area contributed by atoms with Crippen LogP contribution in [-0.2, 0) is 0 Å². The minimum Gasteiger partial charge on any atom is -0.233 e. The maximum Gasteiger partial charge on any atom is 0.161 e. The van der Waals surface area contributed by atoms with E-state index in [0.29, 0.717) is 5.69 Å². The molecule has 0 saturated heterocycles. The zero-order chi connectivity index (χ0) is 12.4. The zero-order valence-electron chi connectivity index (χ0n) is 8.91. The highest BCUT2D eigenvalue weighted by molar-refractivity contribution is 5.55. The second kappa shape index (κ2) is 4.26. The van der Waals surface area contributed by atoms with Crippen LogP contribution in [0.3, 0.4) is 0 Å². The molecule has 1 aromatic carbocycles. The predicted octanol–water partition coefficient (Wildman–Crippen LogP) is 2.60. The minimum absolute atomic E-state index is 0.139. The van der Waals surface area contributed by atoms with Gasteiger partial charge in [-0.3, -0.25) is 0 Å². The van der Waals surface area contributed by atoms with Crippen LogP contribution in [0.15, 0.2) is 24.3 Å². The third-order valence-corrected chi connectivity index (χ3v) is 2.09. The van der Waals surface area contributed by atoms with Gasteiger partial charge in [-0.15, -0.1) is 0 Å². The lowest BCUT2D eigenvalue weighted by molar-refractivity contribution is 0.584. The molecular weight excluding hydrogens is 224 g/mol. The Bertz CT molecular complexity index is 597. The van der Waals surface area contributed by atoms with Crippen LogP contribution in [-0.4, -0.2) is 9.97 Å². The van der Waals surface area contributed by atoms with E-state index in [9.17, 15) is 8.78 Å². The van der Waals surface area contributed by atoms with Crippen molar-refractivity contribution in [3.8, 4) is 17.5 Å². The molecular formula is C12H7F2N3. The van der Waals surface area contributed by atoms with Gasteiger partial charge in [0.1, 0.15) is 23.4 Å². The highest BCUT2D eigenvalue weighted by Gasteiger charge is 2.08. The van der Waals surface area contributed by atoms with E-state index in [-0.39, 0.29) is 17.1 Å². The van der Waals surface area contributed by atoms with Gasteiger partial charge in [-0.2, -0.15) is 5.26 Å². The fourth-order valence-electron chi connectivity index (χ4n) is 1.44. The molecule has 0 bridgehead atoms. The third kappa shape index (κ3) is 2.42. The Morgan fingerprint density at radius 2 is 1.71 bits per heavy atom. The van der Waals surface area contributed by atoms with Crippen molar-refractivity contribution in [2.45, 2.75) is 6.92 Å². The molecule has 0 aliphatic carbocycles. The number of halogens is 2. The van der Waals surface area contributed by atoms with Gasteiger partial charge in [0, 0.05) is 17.3 Å². The van der Waals surface area contributed by atoms with Crippen molar-refractivity contribution in [3.05, 3.63) is 47.3 Å². The van der Waals surface area contributed by atoms with E-state index in [0.717, 1.165) is 18.2 Å². The molecule has 1 heterocycles. The Kier molecular flexibility index (Phi) is 2.79. The summed E-state index contributed by atoms with van der Waals surface area (Å²) in [5, 5.41) is 8.75. The first kappa shape index (κ1) is 11.1. The van der Waals surface area contributed by atoms with Crippen molar-refractivity contribution < 1.29 is 8.78 Å². The highest BCUT2D eigenvalue weighted by Crippen LogP contribution is 2.18. The number of aryl methyl sites for hydroxylation is 1. The molecule has 0 fully saturated rings. The second-order valence-electron chi connectivity index (χ2n) is 3.49. The van der Waals surface area contributed by atoms with Crippen molar-refractivity contribution in [1.29, 1.82) is 5.26 Å². The summed E-state index contributed by atoms with van der Waals surface area (Å²) in [5.74, 6) is -1.27. The zero-order valence-corrected chi connectivity index (χ0v) is 8.91. The molecule has 0 aliphatic heterocycles. The van der Waals surface area contributed by atoms with E-state index in [1.54, 1.807) is 6.92 Å². The first-order valence-electron chi connectivity index (χ1n) is 4.81. The Balaban J connectivity index is 2.60. The molecule has 3 nitrogen and oxygen atoms in total. The number of nitrogens with zero attached hydrogens (tertiary/aromatic N) is 3. The minimum atomic E-state index is -0.705. The summed E-state index contributed by atoms with van der Waals surface area (Å²) in [5.41, 5.74) is 0.941. The largest absolute Gasteiger partial charge is 0.233 e. The number of hydrogen-bond donors (Lipinski definition) is 0. The molecule has 0 saturated carbocycles. The molecule has 2 rings (SSSR count). The molecule has 0 spiro atoms. The van der Waals surface area contributed by atoms with Gasteiger partial charge in [0.05, 0.1) is 0 Å². The predicted molar refractivity (Wildman–Crippen MR) is 56.8 cm³/mol. The molecule has 17 heavy (non-hydrogen) atoms. The van der Waals surface area contributed by atoms with Crippen molar-refractivity contribution >= 4 is 0 Å². The Hall–Kier alpha value is -2.35. The highest BCUT2D eigenvalue weighted by atomic mass is 19.1. The lowest BCUT2D eigenvalue weighted by atomic mass is 10.2. The van der Waals surface area contributed by atoms with Crippen molar-refractivity contribution in [2.75, 3.05) is 0 Å². The number of benzene rings is 1. The van der Waals surface area contributed by atoms with Crippen LogP contribution >= 0.6 is 0 Å². The molecule has 84 valence electrons. The van der Waals surface area contributed by atoms with Gasteiger partial charge in [-0.05, 0) is 25.1 Å². The standard InChI is InChI=1S/C12H7F2N3/c1-7-2-11(6-15)17-12(16-7)8-3-9(13)5-10(14)4-8/h2-5H,1H3. The molecule has 0 radical (unpaired) electrons. The SMILES string of the molecule is Cc1cc(C#N)nc(-c2cc(F)cc(F)c2)n1. The van der Waals surface area contributed by atoms with Gasteiger partial charge in [-0.25, -0.2) is 18.7 Å². The van der Waals surface area contributed by atoms with Crippen molar-refractivity contribution in [2.24, 2.45) is 0 Å². The van der Waals surface area contributed by atoms with E-state index in [2.05, 4.69) is 9.97 Å². The number of aromatic nitrogens is 2. The Labute approximate surface area is 96.4 Å². The lowest BCUT2D eigenvalue weighted by Gasteiger charge is -2.02. The van der Waals surface area contributed by atoms with E-state index < -0.39 is 11.6 Å². The van der Waals surface area contributed by atoms with Gasteiger partial charge >= 0.3 is 0 Å². The normalized spacial score (nSPS) is 10.0. The summed E-state index contributed by atoms with van der Waals surface area (Å²) >= 11 is 0. The molecule has 0 N–H and O–H groups in total. The summed E-state index contributed by atoms with van der Waals surface area (Å²) in [4.78, 5) is 7.94. The Morgan fingerprint density at radius 3 is 2.29 bits per heavy atom. The third-order valence-electron chi connectivity index (χ3n) is 2.09. The summed E-state index contributed by atoms with van der Waals surface area (Å²) < 4.78 is 26.1. The maximum atomic E-state index is 13.0. The smallest absolute Gasteiger partial charge is 0.161 e. The van der Waals surface area contributed by atoms with Crippen LogP contribution in [0, 0.1) is 29.9 Å². The lowest BCUT2D eigenvalue weighted by Crippen LogP contribution is -1.96. The average molecular weight is 231 g/mol. The molecule has 1 aromatic heterocycles. The van der Waals surface area contributed by atoms with Crippen molar-refractivity contribution in [1.82, 2.24) is 9.97 Å². The molecule has 2 aromatic rings. The van der Waals surface area contributed by atoms with Gasteiger partial charge in [0.15, 0.2) is 5.82 Å². The van der Waals surface area contributed by atoms with E-state index in [4.69, 9.17) is 5.26 Å². The van der Waals surface area contributed by atoms with E-state index >= 15 is 0 Å². The first-order chi connectivity index (χ1) is 8.08. The molecule has 0 atom stereocenters. The van der Waals surface area contributed by atoms with Gasteiger partial charge < -0.3 is 0 Å². The van der Waals surface area contributed by atoms with Gasteiger partial charge in [0.2, 0.25) is 0 Å². The molecule has 0 amide bonds.